The van der Waals surface area contributed by atoms with Crippen LogP contribution in [0.1, 0.15) is 27.0 Å². The molecule has 3 nitrogen and oxygen atoms in total. The van der Waals surface area contributed by atoms with Crippen LogP contribution in [-0.2, 0) is 13.0 Å². The van der Waals surface area contributed by atoms with Gasteiger partial charge in [0.2, 0.25) is 0 Å². The van der Waals surface area contributed by atoms with Gasteiger partial charge in [-0.25, -0.2) is 0 Å². The molecule has 0 saturated heterocycles. The summed E-state index contributed by atoms with van der Waals surface area (Å²) in [5, 5.41) is 0. The number of carbonyl (C=O) groups excluding carboxylic acids is 1. The Kier molecular flexibility index (Phi) is 4.33. The average Bonchev–Trinajstić information content (AvgIpc) is 2.98. The maximum atomic E-state index is 12.1. The molecule has 0 aliphatic carbocycles. The summed E-state index contributed by atoms with van der Waals surface area (Å²) in [5.41, 5.74) is 1.09. The van der Waals surface area contributed by atoms with Crippen LogP contribution in [-0.4, -0.2) is 24.3 Å². The number of nitrogens with zero attached hydrogens (tertiary/aromatic N) is 1. The van der Waals surface area contributed by atoms with Gasteiger partial charge in [-0.3, -0.25) is 9.69 Å². The number of furan rings is 1. The summed E-state index contributed by atoms with van der Waals surface area (Å²) in [6, 6.07) is 5.88. The number of thiophene rings is 1. The Morgan fingerprint density at radius 1 is 1.39 bits per heavy atom. The van der Waals surface area contributed by atoms with Gasteiger partial charge < -0.3 is 4.42 Å². The number of hydrogen-bond donors (Lipinski definition) is 0. The summed E-state index contributed by atoms with van der Waals surface area (Å²) in [5.74, 6) is 0.186. The Labute approximate surface area is 111 Å². The molecule has 0 unspecified atom stereocenters. The first-order valence-electron chi connectivity index (χ1n) is 6.00. The molecule has 18 heavy (non-hydrogen) atoms. The Morgan fingerprint density at radius 3 is 2.83 bits per heavy atom. The summed E-state index contributed by atoms with van der Waals surface area (Å²) >= 11 is 1.60. The highest BCUT2D eigenvalue weighted by Gasteiger charge is 2.12. The van der Waals surface area contributed by atoms with E-state index in [0.717, 1.165) is 23.4 Å². The Morgan fingerprint density at radius 2 is 2.22 bits per heavy atom. The minimum Gasteiger partial charge on any atom is -0.472 e. The fourth-order valence-electron chi connectivity index (χ4n) is 1.79. The molecule has 2 rings (SSSR count). The van der Waals surface area contributed by atoms with Crippen molar-refractivity contribution in [1.82, 2.24) is 4.90 Å². The van der Waals surface area contributed by atoms with Gasteiger partial charge in [0.1, 0.15) is 0 Å². The lowest BCUT2D eigenvalue weighted by Gasteiger charge is -2.13. The molecule has 0 aliphatic rings. The number of Topliss-reactive ketones (excluding diaryl/α,β-unsaturated/α-hetero) is 1. The lowest BCUT2D eigenvalue weighted by atomic mass is 10.2. The quantitative estimate of drug-likeness (QED) is 0.750. The van der Waals surface area contributed by atoms with Crippen molar-refractivity contribution < 1.29 is 9.21 Å². The molecule has 2 aromatic heterocycles. The second kappa shape index (κ2) is 5.98. The van der Waals surface area contributed by atoms with E-state index in [9.17, 15) is 4.79 Å². The monoisotopic (exact) mass is 263 g/mol. The second-order valence-corrected chi connectivity index (χ2v) is 5.51. The Balaban J connectivity index is 1.90. The number of carbonyl (C=O) groups is 1. The molecular formula is C14H17NO2S. The predicted molar refractivity (Wildman–Crippen MR) is 73.1 cm³/mol. The minimum atomic E-state index is 0.186. The number of hydrogen-bond acceptors (Lipinski definition) is 4. The summed E-state index contributed by atoms with van der Waals surface area (Å²) in [6.07, 6.45) is 4.35. The van der Waals surface area contributed by atoms with E-state index in [1.54, 1.807) is 23.9 Å². The highest BCUT2D eigenvalue weighted by Crippen LogP contribution is 2.18. The van der Waals surface area contributed by atoms with E-state index in [4.69, 9.17) is 4.42 Å². The van der Waals surface area contributed by atoms with Crippen LogP contribution in [0.4, 0.5) is 0 Å². The lowest BCUT2D eigenvalue weighted by Crippen LogP contribution is -2.24. The van der Waals surface area contributed by atoms with E-state index in [2.05, 4.69) is 6.92 Å². The van der Waals surface area contributed by atoms with Gasteiger partial charge in [-0.05, 0) is 31.7 Å². The summed E-state index contributed by atoms with van der Waals surface area (Å²) in [7, 11) is 1.94. The summed E-state index contributed by atoms with van der Waals surface area (Å²) in [6.45, 7) is 3.27. The molecule has 2 aromatic rings. The van der Waals surface area contributed by atoms with Crippen LogP contribution < -0.4 is 0 Å². The van der Waals surface area contributed by atoms with Crippen LogP contribution in [0.3, 0.4) is 0 Å². The molecule has 0 aliphatic heterocycles. The van der Waals surface area contributed by atoms with Gasteiger partial charge in [0, 0.05) is 17.0 Å². The van der Waals surface area contributed by atoms with Crippen molar-refractivity contribution in [2.75, 3.05) is 13.6 Å². The van der Waals surface area contributed by atoms with Crippen molar-refractivity contribution in [3.05, 3.63) is 46.0 Å². The van der Waals surface area contributed by atoms with Crippen LogP contribution in [0.25, 0.3) is 0 Å². The van der Waals surface area contributed by atoms with Gasteiger partial charge in [-0.2, -0.15) is 0 Å². The normalized spacial score (nSPS) is 11.1. The molecule has 0 atom stereocenters. The molecule has 0 aromatic carbocycles. The van der Waals surface area contributed by atoms with Gasteiger partial charge in [0.05, 0.1) is 23.9 Å². The molecule has 96 valence electrons. The molecule has 0 fully saturated rings. The van der Waals surface area contributed by atoms with E-state index in [-0.39, 0.29) is 5.78 Å². The van der Waals surface area contributed by atoms with E-state index < -0.39 is 0 Å². The highest BCUT2D eigenvalue weighted by atomic mass is 32.1. The first kappa shape index (κ1) is 13.1. The van der Waals surface area contributed by atoms with Crippen LogP contribution in [0.15, 0.2) is 35.1 Å². The van der Waals surface area contributed by atoms with Crippen molar-refractivity contribution in [2.24, 2.45) is 0 Å². The van der Waals surface area contributed by atoms with Gasteiger partial charge in [-0.1, -0.05) is 6.92 Å². The zero-order chi connectivity index (χ0) is 13.0. The van der Waals surface area contributed by atoms with Crippen LogP contribution in [0.2, 0.25) is 0 Å². The third-order valence-electron chi connectivity index (χ3n) is 2.73. The fraction of sp³-hybridized carbons (Fsp3) is 0.357. The molecule has 0 N–H and O–H groups in total. The first-order chi connectivity index (χ1) is 8.69. The Bertz CT molecular complexity index is 502. The average molecular weight is 263 g/mol. The summed E-state index contributed by atoms with van der Waals surface area (Å²) < 4.78 is 5.01. The van der Waals surface area contributed by atoms with Gasteiger partial charge in [0.15, 0.2) is 5.78 Å². The molecule has 0 radical (unpaired) electrons. The topological polar surface area (TPSA) is 33.5 Å². The zero-order valence-electron chi connectivity index (χ0n) is 10.7. The van der Waals surface area contributed by atoms with Crippen molar-refractivity contribution >= 4 is 17.1 Å². The first-order valence-corrected chi connectivity index (χ1v) is 6.82. The maximum Gasteiger partial charge on any atom is 0.186 e. The third kappa shape index (κ3) is 3.31. The third-order valence-corrected chi connectivity index (χ3v) is 4.00. The highest BCUT2D eigenvalue weighted by molar-refractivity contribution is 7.14. The Hall–Kier alpha value is -1.39. The van der Waals surface area contributed by atoms with Crippen LogP contribution in [0, 0.1) is 0 Å². The zero-order valence-corrected chi connectivity index (χ0v) is 11.5. The molecule has 4 heteroatoms. The van der Waals surface area contributed by atoms with Crippen LogP contribution in [0.5, 0.6) is 0 Å². The number of rotatable bonds is 6. The lowest BCUT2D eigenvalue weighted by molar-refractivity contribution is 0.0947. The van der Waals surface area contributed by atoms with E-state index in [1.165, 1.54) is 4.88 Å². The minimum absolute atomic E-state index is 0.186. The molecular weight excluding hydrogens is 246 g/mol. The van der Waals surface area contributed by atoms with Gasteiger partial charge >= 0.3 is 0 Å². The van der Waals surface area contributed by atoms with Gasteiger partial charge in [-0.15, -0.1) is 11.3 Å². The molecule has 0 saturated carbocycles. The van der Waals surface area contributed by atoms with E-state index in [1.807, 2.05) is 30.1 Å². The maximum absolute atomic E-state index is 12.1. The van der Waals surface area contributed by atoms with E-state index in [0.29, 0.717) is 6.54 Å². The van der Waals surface area contributed by atoms with Crippen molar-refractivity contribution in [1.29, 1.82) is 0 Å². The molecule has 0 spiro atoms. The van der Waals surface area contributed by atoms with Crippen LogP contribution >= 0.6 is 11.3 Å². The van der Waals surface area contributed by atoms with Gasteiger partial charge in [0.25, 0.3) is 0 Å². The smallest absolute Gasteiger partial charge is 0.186 e. The van der Waals surface area contributed by atoms with Crippen molar-refractivity contribution in [3.8, 4) is 0 Å². The number of aryl methyl sites for hydroxylation is 1. The van der Waals surface area contributed by atoms with Crippen molar-refractivity contribution in [2.45, 2.75) is 19.9 Å². The standard InChI is InChI=1S/C14H17NO2S/c1-3-12-4-5-14(18-12)13(16)9-15(2)8-11-6-7-17-10-11/h4-7,10H,3,8-9H2,1-2H3. The number of likely N-dealkylation sites (N-methyl/N-ethyl adjacent to an activating group) is 1. The SMILES string of the molecule is CCc1ccc(C(=O)CN(C)Cc2ccoc2)s1. The molecule has 2 heterocycles. The summed E-state index contributed by atoms with van der Waals surface area (Å²) in [4.78, 5) is 16.2. The number of ketones is 1. The molecule has 0 amide bonds. The fourth-order valence-corrected chi connectivity index (χ4v) is 2.67. The molecule has 0 bridgehead atoms. The second-order valence-electron chi connectivity index (χ2n) is 4.35. The van der Waals surface area contributed by atoms with E-state index >= 15 is 0 Å². The predicted octanol–water partition coefficient (Wildman–Crippen LogP) is 3.22. The largest absolute Gasteiger partial charge is 0.472 e. The van der Waals surface area contributed by atoms with Crippen molar-refractivity contribution in [3.63, 3.8) is 0 Å².